The number of thioether (sulfide) groups is 1. The van der Waals surface area contributed by atoms with Crippen LogP contribution in [0.5, 0.6) is 5.75 Å². The molecular weight excluding hydrogens is 440 g/mol. The molecule has 9 heteroatoms. The molecule has 1 aliphatic rings. The van der Waals surface area contributed by atoms with Crippen LogP contribution in [0.4, 0.5) is 0 Å². The third kappa shape index (κ3) is 4.12. The Balaban J connectivity index is 1.30. The quantitative estimate of drug-likeness (QED) is 0.294. The molecular formula is C21H19ClN4O2S2. The van der Waals surface area contributed by atoms with Crippen LogP contribution in [-0.2, 0) is 12.4 Å². The van der Waals surface area contributed by atoms with E-state index in [1.54, 1.807) is 23.1 Å². The first-order valence-corrected chi connectivity index (χ1v) is 11.9. The Morgan fingerprint density at radius 1 is 1.23 bits per heavy atom. The number of rotatable bonds is 8. The molecule has 0 saturated heterocycles. The van der Waals surface area contributed by atoms with Gasteiger partial charge in [0.2, 0.25) is 5.89 Å². The van der Waals surface area contributed by atoms with Crippen molar-refractivity contribution in [2.75, 3.05) is 0 Å². The minimum atomic E-state index is 0.333. The summed E-state index contributed by atoms with van der Waals surface area (Å²) in [6.07, 6.45) is 2.27. The number of oxazole rings is 1. The van der Waals surface area contributed by atoms with Crippen molar-refractivity contribution in [3.63, 3.8) is 0 Å². The number of thiophene rings is 1. The van der Waals surface area contributed by atoms with Gasteiger partial charge in [-0.05, 0) is 43.3 Å². The van der Waals surface area contributed by atoms with Crippen molar-refractivity contribution in [1.29, 1.82) is 0 Å². The zero-order valence-corrected chi connectivity index (χ0v) is 18.6. The number of halogens is 1. The lowest BCUT2D eigenvalue weighted by Gasteiger charge is -2.10. The molecule has 1 saturated carbocycles. The molecule has 0 N–H and O–H groups in total. The molecule has 3 aromatic heterocycles. The summed E-state index contributed by atoms with van der Waals surface area (Å²) in [6.45, 7) is 2.29. The molecule has 1 aromatic carbocycles. The van der Waals surface area contributed by atoms with Crippen LogP contribution in [-0.4, -0.2) is 19.7 Å². The van der Waals surface area contributed by atoms with Gasteiger partial charge in [0.15, 0.2) is 11.0 Å². The van der Waals surface area contributed by atoms with Gasteiger partial charge < -0.3 is 9.15 Å². The zero-order valence-electron chi connectivity index (χ0n) is 16.2. The Hall–Kier alpha value is -2.29. The minimum Gasteiger partial charge on any atom is -0.484 e. The highest BCUT2D eigenvalue weighted by atomic mass is 35.5. The summed E-state index contributed by atoms with van der Waals surface area (Å²) in [5, 5.41) is 12.3. The van der Waals surface area contributed by atoms with Crippen molar-refractivity contribution in [1.82, 2.24) is 19.7 Å². The van der Waals surface area contributed by atoms with Crippen LogP contribution >= 0.6 is 34.7 Å². The van der Waals surface area contributed by atoms with Crippen LogP contribution in [0, 0.1) is 6.92 Å². The summed E-state index contributed by atoms with van der Waals surface area (Å²) >= 11 is 9.44. The number of hydrogen-bond acceptors (Lipinski definition) is 7. The smallest absolute Gasteiger partial charge is 0.236 e. The fraction of sp³-hybridized carbons (Fsp3) is 0.286. The Morgan fingerprint density at radius 3 is 2.87 bits per heavy atom. The Labute approximate surface area is 187 Å². The molecule has 0 radical (unpaired) electrons. The topological polar surface area (TPSA) is 66.0 Å². The normalized spacial score (nSPS) is 13.7. The van der Waals surface area contributed by atoms with Crippen LogP contribution < -0.4 is 4.74 Å². The second-order valence-corrected chi connectivity index (χ2v) is 9.30. The summed E-state index contributed by atoms with van der Waals surface area (Å²) in [5.74, 6) is 3.66. The second kappa shape index (κ2) is 8.45. The lowest BCUT2D eigenvalue weighted by atomic mass is 10.3. The van der Waals surface area contributed by atoms with Gasteiger partial charge in [0, 0.05) is 11.8 Å². The number of aromatic nitrogens is 4. The monoisotopic (exact) mass is 458 g/mol. The van der Waals surface area contributed by atoms with E-state index in [2.05, 4.69) is 19.7 Å². The molecule has 0 atom stereocenters. The van der Waals surface area contributed by atoms with E-state index in [1.165, 1.54) is 0 Å². The van der Waals surface area contributed by atoms with E-state index < -0.39 is 0 Å². The number of hydrogen-bond donors (Lipinski definition) is 0. The maximum Gasteiger partial charge on any atom is 0.236 e. The van der Waals surface area contributed by atoms with Crippen molar-refractivity contribution < 1.29 is 9.15 Å². The average molecular weight is 459 g/mol. The van der Waals surface area contributed by atoms with E-state index in [1.807, 2.05) is 48.7 Å². The standard InChI is InChI=1S/C21H19ClN4O2S2/c1-13-16(23-20(28-13)18-7-4-10-29-18)12-30-21-25-24-19(26(21)14-8-9-14)11-27-17-6-3-2-5-15(17)22/h2-7,10,14H,8-9,11-12H2,1H3. The second-order valence-electron chi connectivity index (χ2n) is 7.01. The lowest BCUT2D eigenvalue weighted by molar-refractivity contribution is 0.288. The number of aryl methyl sites for hydroxylation is 1. The Kier molecular flexibility index (Phi) is 5.54. The highest BCUT2D eigenvalue weighted by molar-refractivity contribution is 7.98. The van der Waals surface area contributed by atoms with Gasteiger partial charge in [0.05, 0.1) is 15.6 Å². The molecule has 0 aliphatic heterocycles. The molecule has 0 bridgehead atoms. The number of benzene rings is 1. The first-order valence-electron chi connectivity index (χ1n) is 9.63. The SMILES string of the molecule is Cc1oc(-c2cccs2)nc1CSc1nnc(COc2ccccc2Cl)n1C1CC1. The van der Waals surface area contributed by atoms with Gasteiger partial charge in [-0.3, -0.25) is 4.57 Å². The van der Waals surface area contributed by atoms with Crippen LogP contribution in [0.15, 0.2) is 51.4 Å². The van der Waals surface area contributed by atoms with Gasteiger partial charge in [-0.15, -0.1) is 21.5 Å². The summed E-state index contributed by atoms with van der Waals surface area (Å²) < 4.78 is 13.9. The molecule has 5 rings (SSSR count). The predicted octanol–water partition coefficient (Wildman–Crippen LogP) is 6.16. The molecule has 6 nitrogen and oxygen atoms in total. The highest BCUT2D eigenvalue weighted by Crippen LogP contribution is 2.40. The lowest BCUT2D eigenvalue weighted by Crippen LogP contribution is -2.07. The van der Waals surface area contributed by atoms with Crippen LogP contribution in [0.25, 0.3) is 10.8 Å². The molecule has 0 spiro atoms. The molecule has 1 aliphatic carbocycles. The van der Waals surface area contributed by atoms with Gasteiger partial charge in [-0.25, -0.2) is 4.98 Å². The maximum atomic E-state index is 6.19. The van der Waals surface area contributed by atoms with Crippen LogP contribution in [0.2, 0.25) is 5.02 Å². The van der Waals surface area contributed by atoms with Gasteiger partial charge >= 0.3 is 0 Å². The van der Waals surface area contributed by atoms with Gasteiger partial charge in [0.1, 0.15) is 18.1 Å². The molecule has 3 heterocycles. The van der Waals surface area contributed by atoms with Crippen LogP contribution in [0.1, 0.15) is 36.2 Å². The fourth-order valence-corrected chi connectivity index (χ4v) is 4.97. The largest absolute Gasteiger partial charge is 0.484 e. The molecule has 0 unspecified atom stereocenters. The van der Waals surface area contributed by atoms with Crippen molar-refractivity contribution in [3.8, 4) is 16.5 Å². The molecule has 4 aromatic rings. The summed E-state index contributed by atoms with van der Waals surface area (Å²) in [6, 6.07) is 11.9. The maximum absolute atomic E-state index is 6.19. The third-order valence-electron chi connectivity index (χ3n) is 4.80. The summed E-state index contributed by atoms with van der Waals surface area (Å²) in [7, 11) is 0. The molecule has 0 amide bonds. The van der Waals surface area contributed by atoms with Gasteiger partial charge in [0.25, 0.3) is 0 Å². The first kappa shape index (κ1) is 19.7. The van der Waals surface area contributed by atoms with Gasteiger partial charge in [-0.1, -0.05) is 41.6 Å². The molecule has 30 heavy (non-hydrogen) atoms. The van der Waals surface area contributed by atoms with E-state index in [0.29, 0.717) is 35.1 Å². The van der Waals surface area contributed by atoms with E-state index in [9.17, 15) is 0 Å². The molecule has 1 fully saturated rings. The van der Waals surface area contributed by atoms with E-state index in [0.717, 1.165) is 40.2 Å². The van der Waals surface area contributed by atoms with Crippen molar-refractivity contribution >= 4 is 34.7 Å². The number of nitrogens with zero attached hydrogens (tertiary/aromatic N) is 4. The highest BCUT2D eigenvalue weighted by Gasteiger charge is 2.30. The van der Waals surface area contributed by atoms with E-state index in [-0.39, 0.29) is 0 Å². The van der Waals surface area contributed by atoms with Gasteiger partial charge in [-0.2, -0.15) is 0 Å². The van der Waals surface area contributed by atoms with Crippen molar-refractivity contribution in [2.24, 2.45) is 0 Å². The predicted molar refractivity (Wildman–Crippen MR) is 118 cm³/mol. The van der Waals surface area contributed by atoms with Crippen LogP contribution in [0.3, 0.4) is 0 Å². The number of para-hydroxylation sites is 1. The molecule has 154 valence electrons. The zero-order chi connectivity index (χ0) is 20.5. The minimum absolute atomic E-state index is 0.333. The van der Waals surface area contributed by atoms with E-state index >= 15 is 0 Å². The first-order chi connectivity index (χ1) is 14.7. The third-order valence-corrected chi connectivity index (χ3v) is 6.93. The van der Waals surface area contributed by atoms with E-state index in [4.69, 9.17) is 20.8 Å². The summed E-state index contributed by atoms with van der Waals surface area (Å²) in [4.78, 5) is 5.71. The Bertz CT molecular complexity index is 1150. The number of ether oxygens (including phenoxy) is 1. The fourth-order valence-electron chi connectivity index (χ4n) is 3.11. The summed E-state index contributed by atoms with van der Waals surface area (Å²) in [5.41, 5.74) is 0.933. The average Bonchev–Trinajstić information content (AvgIpc) is 3.14. The van der Waals surface area contributed by atoms with Crippen molar-refractivity contribution in [2.45, 2.75) is 43.3 Å². The van der Waals surface area contributed by atoms with Crippen molar-refractivity contribution in [3.05, 3.63) is 64.1 Å². The Morgan fingerprint density at radius 2 is 2.10 bits per heavy atom.